The molecule has 0 saturated carbocycles. The molecule has 14 heavy (non-hydrogen) atoms. The summed E-state index contributed by atoms with van der Waals surface area (Å²) in [6, 6.07) is 0. The Labute approximate surface area is 84.9 Å². The van der Waals surface area contributed by atoms with E-state index in [2.05, 4.69) is 10.9 Å². The molecule has 0 aliphatic heterocycles. The van der Waals surface area contributed by atoms with E-state index in [1.54, 1.807) is 20.0 Å². The minimum absolute atomic E-state index is 0.1000. The van der Waals surface area contributed by atoms with Crippen LogP contribution in [0.2, 0.25) is 0 Å². The zero-order valence-electron chi connectivity index (χ0n) is 8.78. The molecule has 0 aliphatic carbocycles. The molecule has 0 saturated heterocycles. The minimum Gasteiger partial charge on any atom is -0.461 e. The van der Waals surface area contributed by atoms with Crippen molar-refractivity contribution in [2.45, 2.75) is 20.8 Å². The van der Waals surface area contributed by atoms with Crippen molar-refractivity contribution >= 4 is 12.2 Å². The van der Waals surface area contributed by atoms with E-state index in [0.717, 1.165) is 5.57 Å². The number of hydrogen-bond donors (Lipinski definition) is 0. The van der Waals surface area contributed by atoms with Gasteiger partial charge < -0.3 is 4.74 Å². The van der Waals surface area contributed by atoms with Crippen molar-refractivity contribution in [3.05, 3.63) is 11.8 Å². The van der Waals surface area contributed by atoms with Gasteiger partial charge in [0, 0.05) is 6.20 Å². The Hall–Kier alpha value is -1.56. The highest BCUT2D eigenvalue weighted by molar-refractivity contribution is 5.77. The Morgan fingerprint density at radius 2 is 2.29 bits per heavy atom. The molecule has 0 heterocycles. The van der Waals surface area contributed by atoms with Crippen LogP contribution in [0, 0.1) is 18.3 Å². The smallest absolute Gasteiger partial charge is 0.308 e. The van der Waals surface area contributed by atoms with Crippen LogP contribution < -0.4 is 0 Å². The van der Waals surface area contributed by atoms with Crippen molar-refractivity contribution in [2.75, 3.05) is 6.61 Å². The van der Waals surface area contributed by atoms with Gasteiger partial charge in [0.15, 0.2) is 0 Å². The maximum Gasteiger partial charge on any atom is 0.308 e. The third-order valence-electron chi connectivity index (χ3n) is 1.36. The molecule has 0 aromatic heterocycles. The van der Waals surface area contributed by atoms with E-state index in [-0.39, 0.29) is 18.5 Å². The summed E-state index contributed by atoms with van der Waals surface area (Å²) in [4.78, 5) is 14.9. The lowest BCUT2D eigenvalue weighted by molar-refractivity contribution is -0.146. The molecule has 0 atom stereocenters. The van der Waals surface area contributed by atoms with Gasteiger partial charge >= 0.3 is 5.97 Å². The van der Waals surface area contributed by atoms with Crippen molar-refractivity contribution in [2.24, 2.45) is 10.9 Å². The topological polar surface area (TPSA) is 38.7 Å². The van der Waals surface area contributed by atoms with E-state index in [1.807, 2.05) is 6.92 Å². The van der Waals surface area contributed by atoms with Gasteiger partial charge in [-0.1, -0.05) is 19.8 Å². The summed E-state index contributed by atoms with van der Waals surface area (Å²) < 4.78 is 4.96. The zero-order valence-corrected chi connectivity index (χ0v) is 8.78. The van der Waals surface area contributed by atoms with Gasteiger partial charge in [0.2, 0.25) is 0 Å². The number of carbonyl (C=O) groups is 1. The highest BCUT2D eigenvalue weighted by atomic mass is 16.5. The van der Waals surface area contributed by atoms with Crippen molar-refractivity contribution in [3.8, 4) is 12.3 Å². The third kappa shape index (κ3) is 6.01. The van der Waals surface area contributed by atoms with Crippen LogP contribution in [0.4, 0.5) is 0 Å². The van der Waals surface area contributed by atoms with Gasteiger partial charge in [0.1, 0.15) is 6.61 Å². The maximum absolute atomic E-state index is 11.1. The van der Waals surface area contributed by atoms with Gasteiger partial charge in [0.25, 0.3) is 0 Å². The fourth-order valence-corrected chi connectivity index (χ4v) is 0.596. The Morgan fingerprint density at radius 1 is 1.64 bits per heavy atom. The highest BCUT2D eigenvalue weighted by Gasteiger charge is 2.07. The van der Waals surface area contributed by atoms with Crippen LogP contribution in [0.25, 0.3) is 0 Å². The summed E-state index contributed by atoms with van der Waals surface area (Å²) in [6.07, 6.45) is 7.88. The largest absolute Gasteiger partial charge is 0.461 e. The van der Waals surface area contributed by atoms with Gasteiger partial charge in [-0.15, -0.1) is 6.42 Å². The molecule has 0 spiro atoms. The van der Waals surface area contributed by atoms with E-state index in [9.17, 15) is 4.79 Å². The van der Waals surface area contributed by atoms with Crippen LogP contribution in [-0.2, 0) is 9.53 Å². The first-order chi connectivity index (χ1) is 6.57. The van der Waals surface area contributed by atoms with Gasteiger partial charge in [-0.2, -0.15) is 0 Å². The average Bonchev–Trinajstić information content (AvgIpc) is 2.14. The Morgan fingerprint density at radius 3 is 2.79 bits per heavy atom. The Balaban J connectivity index is 3.91. The number of hydrogen-bond acceptors (Lipinski definition) is 3. The van der Waals surface area contributed by atoms with Gasteiger partial charge in [0.05, 0.1) is 12.1 Å². The predicted molar refractivity (Wildman–Crippen MR) is 56.9 cm³/mol. The molecule has 0 N–H and O–H groups in total. The number of aliphatic imine (C=N–C) groups is 1. The molecule has 0 amide bonds. The van der Waals surface area contributed by atoms with E-state index >= 15 is 0 Å². The van der Waals surface area contributed by atoms with Crippen LogP contribution in [0.5, 0.6) is 0 Å². The second kappa shape index (κ2) is 6.90. The number of esters is 1. The highest BCUT2D eigenvalue weighted by Crippen LogP contribution is 1.99. The quantitative estimate of drug-likeness (QED) is 0.388. The zero-order chi connectivity index (χ0) is 11.0. The first-order valence-electron chi connectivity index (χ1n) is 4.38. The first-order valence-corrected chi connectivity index (χ1v) is 4.38. The predicted octanol–water partition coefficient (Wildman–Crippen LogP) is 1.79. The fourth-order valence-electron chi connectivity index (χ4n) is 0.596. The molecule has 3 nitrogen and oxygen atoms in total. The van der Waals surface area contributed by atoms with Gasteiger partial charge in [-0.3, -0.25) is 9.79 Å². The first kappa shape index (κ1) is 12.4. The lowest BCUT2D eigenvalue weighted by Crippen LogP contribution is -2.12. The molecule has 0 unspecified atom stereocenters. The second-order valence-electron chi connectivity index (χ2n) is 3.18. The van der Waals surface area contributed by atoms with Crippen LogP contribution in [0.1, 0.15) is 20.8 Å². The standard InChI is InChI=1S/C11H15NO2/c1-5-6-12-7-10(4)8-14-11(13)9(2)3/h1,6-7,9H,8H2,2-4H3/b10-7+,12-6?. The molecule has 3 heteroatoms. The number of terminal acetylenes is 1. The molecule has 0 radical (unpaired) electrons. The number of rotatable bonds is 4. The van der Waals surface area contributed by atoms with E-state index in [4.69, 9.17) is 11.2 Å². The molecule has 0 aliphatic rings. The molecule has 0 aromatic carbocycles. The molecule has 0 fully saturated rings. The number of nitrogens with zero attached hydrogens (tertiary/aromatic N) is 1. The molecule has 0 bridgehead atoms. The number of carbonyl (C=O) groups excluding carboxylic acids is 1. The average molecular weight is 193 g/mol. The SMILES string of the molecule is C#CC=N/C=C(\C)COC(=O)C(C)C. The summed E-state index contributed by atoms with van der Waals surface area (Å²) in [5.74, 6) is 1.95. The van der Waals surface area contributed by atoms with Crippen molar-refractivity contribution < 1.29 is 9.53 Å². The molecule has 0 aromatic rings. The summed E-state index contributed by atoms with van der Waals surface area (Å²) >= 11 is 0. The normalized spacial score (nSPS) is 11.8. The fraction of sp³-hybridized carbons (Fsp3) is 0.455. The third-order valence-corrected chi connectivity index (χ3v) is 1.36. The van der Waals surface area contributed by atoms with Crippen molar-refractivity contribution in [1.29, 1.82) is 0 Å². The summed E-state index contributed by atoms with van der Waals surface area (Å²) in [5.41, 5.74) is 0.852. The van der Waals surface area contributed by atoms with Crippen LogP contribution >= 0.6 is 0 Å². The van der Waals surface area contributed by atoms with Crippen LogP contribution in [0.3, 0.4) is 0 Å². The van der Waals surface area contributed by atoms with E-state index in [1.165, 1.54) is 6.21 Å². The lowest BCUT2D eigenvalue weighted by Gasteiger charge is -2.06. The van der Waals surface area contributed by atoms with Gasteiger partial charge in [-0.25, -0.2) is 0 Å². The summed E-state index contributed by atoms with van der Waals surface area (Å²) in [7, 11) is 0. The summed E-state index contributed by atoms with van der Waals surface area (Å²) in [6.45, 7) is 5.66. The maximum atomic E-state index is 11.1. The van der Waals surface area contributed by atoms with Crippen LogP contribution in [0.15, 0.2) is 16.8 Å². The monoisotopic (exact) mass is 193 g/mol. The van der Waals surface area contributed by atoms with Crippen molar-refractivity contribution in [1.82, 2.24) is 0 Å². The van der Waals surface area contributed by atoms with E-state index in [0.29, 0.717) is 0 Å². The van der Waals surface area contributed by atoms with Gasteiger partial charge in [-0.05, 0) is 12.5 Å². The molecular weight excluding hydrogens is 178 g/mol. The molecular formula is C11H15NO2. The molecule has 0 rings (SSSR count). The van der Waals surface area contributed by atoms with E-state index < -0.39 is 0 Å². The van der Waals surface area contributed by atoms with Crippen molar-refractivity contribution in [3.63, 3.8) is 0 Å². The minimum atomic E-state index is -0.210. The Bertz CT molecular complexity index is 282. The Kier molecular flexibility index (Phi) is 6.13. The number of ether oxygens (including phenoxy) is 1. The lowest BCUT2D eigenvalue weighted by atomic mass is 10.2. The summed E-state index contributed by atoms with van der Waals surface area (Å²) in [5, 5.41) is 0. The second-order valence-corrected chi connectivity index (χ2v) is 3.18. The molecule has 76 valence electrons. The van der Waals surface area contributed by atoms with Crippen LogP contribution in [-0.4, -0.2) is 18.8 Å².